The highest BCUT2D eigenvalue weighted by Crippen LogP contribution is 1.61. The quantitative estimate of drug-likeness (QED) is 0.365. The number of rotatable bonds is 0. The molecule has 0 aliphatic carbocycles. The minimum Gasteiger partial charge on any atom is -0.364 e. The Hall–Kier alpha value is -0.610. The van der Waals surface area contributed by atoms with Crippen LogP contribution < -0.4 is 16.0 Å². The third-order valence-electron chi connectivity index (χ3n) is 0.863. The van der Waals surface area contributed by atoms with Crippen molar-refractivity contribution in [2.24, 2.45) is 4.99 Å². The molecule has 0 bridgehead atoms. The molecule has 0 unspecified atom stereocenters. The summed E-state index contributed by atoms with van der Waals surface area (Å²) < 4.78 is 0. The van der Waals surface area contributed by atoms with E-state index >= 15 is 0 Å². The van der Waals surface area contributed by atoms with Crippen molar-refractivity contribution in [3.63, 3.8) is 0 Å². The molecule has 0 saturated heterocycles. The van der Waals surface area contributed by atoms with Crippen LogP contribution in [0.1, 0.15) is 0 Å². The number of nitrogens with zero attached hydrogens (tertiary/aromatic N) is 1. The van der Waals surface area contributed by atoms with Crippen molar-refractivity contribution in [1.29, 1.82) is 0 Å². The molecule has 0 fully saturated rings. The fourth-order valence-corrected chi connectivity index (χ4v) is 0.499. The summed E-state index contributed by atoms with van der Waals surface area (Å²) in [5.74, 6) is 0. The summed E-state index contributed by atoms with van der Waals surface area (Å²) in [6.07, 6.45) is 1.69. The molecule has 0 aromatic carbocycles. The number of hydrogen-bond donors (Lipinski definition) is 3. The largest absolute Gasteiger partial charge is 0.364 e. The molecule has 0 radical (unpaired) electrons. The van der Waals surface area contributed by atoms with E-state index < -0.39 is 0 Å². The average Bonchev–Trinajstić information content (AvgIpc) is 1.62. The summed E-state index contributed by atoms with van der Waals surface area (Å²) in [6.45, 7) is 2.31. The normalized spacial score (nSPS) is 21.0. The zero-order valence-corrected chi connectivity index (χ0v) is 4.65. The van der Waals surface area contributed by atoms with Gasteiger partial charge in [0.05, 0.1) is 19.7 Å². The van der Waals surface area contributed by atoms with Crippen LogP contribution in [0.15, 0.2) is 4.99 Å². The van der Waals surface area contributed by atoms with Gasteiger partial charge >= 0.3 is 0 Å². The molecule has 0 amide bonds. The van der Waals surface area contributed by atoms with Crippen molar-refractivity contribution in [3.8, 4) is 0 Å². The maximum absolute atomic E-state index is 3.94. The van der Waals surface area contributed by atoms with Crippen molar-refractivity contribution in [2.75, 3.05) is 20.0 Å². The molecule has 1 heterocycles. The topological polar surface area (TPSA) is 48.5 Å². The van der Waals surface area contributed by atoms with Gasteiger partial charge in [0.2, 0.25) is 0 Å². The highest BCUT2D eigenvalue weighted by molar-refractivity contribution is 5.53. The molecule has 8 heavy (non-hydrogen) atoms. The first kappa shape index (κ1) is 5.53. The molecule has 1 aliphatic heterocycles. The van der Waals surface area contributed by atoms with E-state index in [9.17, 15) is 0 Å². The van der Waals surface area contributed by atoms with Gasteiger partial charge in [-0.2, -0.15) is 0 Å². The summed E-state index contributed by atoms with van der Waals surface area (Å²) in [4.78, 5) is 3.94. The van der Waals surface area contributed by atoms with Gasteiger partial charge in [-0.1, -0.05) is 0 Å². The van der Waals surface area contributed by atoms with Gasteiger partial charge in [-0.15, -0.1) is 0 Å². The Balaban J connectivity index is 2.17. The van der Waals surface area contributed by atoms with Crippen LogP contribution in [-0.4, -0.2) is 26.3 Å². The molecule has 1 rings (SSSR count). The van der Waals surface area contributed by atoms with Gasteiger partial charge in [0, 0.05) is 6.67 Å². The first-order chi connectivity index (χ1) is 4.00. The maximum Gasteiger partial charge on any atom is 0.0911 e. The highest BCUT2D eigenvalue weighted by Gasteiger charge is 1.84. The van der Waals surface area contributed by atoms with Crippen LogP contribution in [0.4, 0.5) is 0 Å². The molecule has 0 aromatic heterocycles. The summed E-state index contributed by atoms with van der Waals surface area (Å²) in [5.41, 5.74) is 0. The Labute approximate surface area is 48.4 Å². The lowest BCUT2D eigenvalue weighted by molar-refractivity contribution is 0.570. The van der Waals surface area contributed by atoms with E-state index in [0.717, 1.165) is 13.3 Å². The van der Waals surface area contributed by atoms with Gasteiger partial charge in [0.25, 0.3) is 0 Å². The minimum atomic E-state index is 0.694. The first-order valence-electron chi connectivity index (χ1n) is 2.63. The Morgan fingerprint density at radius 1 is 1.25 bits per heavy atom. The second kappa shape index (κ2) is 3.40. The zero-order valence-electron chi connectivity index (χ0n) is 4.65. The Bertz CT molecular complexity index is 70.1. The zero-order chi connectivity index (χ0) is 5.66. The Morgan fingerprint density at radius 2 is 2.25 bits per heavy atom. The van der Waals surface area contributed by atoms with Gasteiger partial charge in [-0.25, -0.2) is 0 Å². The Kier molecular flexibility index (Phi) is 2.35. The average molecular weight is 114 g/mol. The molecule has 4 nitrogen and oxygen atoms in total. The van der Waals surface area contributed by atoms with Crippen LogP contribution in [0.2, 0.25) is 0 Å². The number of hydrogen-bond acceptors (Lipinski definition) is 4. The van der Waals surface area contributed by atoms with Crippen molar-refractivity contribution in [1.82, 2.24) is 16.0 Å². The van der Waals surface area contributed by atoms with Crippen LogP contribution >= 0.6 is 0 Å². The van der Waals surface area contributed by atoms with E-state index in [4.69, 9.17) is 0 Å². The van der Waals surface area contributed by atoms with Crippen molar-refractivity contribution in [2.45, 2.75) is 0 Å². The molecule has 0 atom stereocenters. The third kappa shape index (κ3) is 1.90. The van der Waals surface area contributed by atoms with Crippen LogP contribution in [0.25, 0.3) is 0 Å². The van der Waals surface area contributed by atoms with Crippen LogP contribution in [-0.2, 0) is 0 Å². The summed E-state index contributed by atoms with van der Waals surface area (Å²) in [5, 5.41) is 9.06. The summed E-state index contributed by atoms with van der Waals surface area (Å²) in [7, 11) is 0. The van der Waals surface area contributed by atoms with Gasteiger partial charge in [-0.3, -0.25) is 15.6 Å². The second-order valence-corrected chi connectivity index (χ2v) is 1.53. The monoisotopic (exact) mass is 114 g/mol. The van der Waals surface area contributed by atoms with Crippen molar-refractivity contribution < 1.29 is 0 Å². The van der Waals surface area contributed by atoms with Crippen molar-refractivity contribution >= 4 is 6.34 Å². The molecule has 4 heteroatoms. The lowest BCUT2D eigenvalue weighted by Crippen LogP contribution is -2.38. The third-order valence-corrected chi connectivity index (χ3v) is 0.863. The van der Waals surface area contributed by atoms with E-state index in [2.05, 4.69) is 20.9 Å². The lowest BCUT2D eigenvalue weighted by Gasteiger charge is -2.07. The lowest BCUT2D eigenvalue weighted by atomic mass is 10.8. The Morgan fingerprint density at radius 3 is 3.25 bits per heavy atom. The van der Waals surface area contributed by atoms with Gasteiger partial charge in [0.1, 0.15) is 0 Å². The molecular weight excluding hydrogens is 104 g/mol. The van der Waals surface area contributed by atoms with Gasteiger partial charge in [0.15, 0.2) is 0 Å². The van der Waals surface area contributed by atoms with Gasteiger partial charge in [-0.05, 0) is 0 Å². The van der Waals surface area contributed by atoms with E-state index in [1.165, 1.54) is 0 Å². The molecular formula is C4H10N4. The van der Waals surface area contributed by atoms with E-state index in [1.54, 1.807) is 6.34 Å². The summed E-state index contributed by atoms with van der Waals surface area (Å²) >= 11 is 0. The molecule has 46 valence electrons. The fraction of sp³-hybridized carbons (Fsp3) is 0.750. The fourth-order valence-electron chi connectivity index (χ4n) is 0.499. The SMILES string of the molecule is C1=NCNCNCN1. The molecule has 0 saturated carbocycles. The second-order valence-electron chi connectivity index (χ2n) is 1.53. The smallest absolute Gasteiger partial charge is 0.0911 e. The molecule has 1 aliphatic rings. The number of aliphatic imine (C=N–C) groups is 1. The van der Waals surface area contributed by atoms with Crippen LogP contribution in [0, 0.1) is 0 Å². The standard InChI is InChI=1S/C4H10N4/c1-5-2-7-4-8-3-6-1/h1,7-8H,2-4H2,(H,5,6). The van der Waals surface area contributed by atoms with Crippen LogP contribution in [0.3, 0.4) is 0 Å². The predicted molar refractivity (Wildman–Crippen MR) is 32.5 cm³/mol. The van der Waals surface area contributed by atoms with E-state index in [-0.39, 0.29) is 0 Å². The van der Waals surface area contributed by atoms with E-state index in [0.29, 0.717) is 6.67 Å². The predicted octanol–water partition coefficient (Wildman–Crippen LogP) is -1.33. The molecule has 0 aromatic rings. The summed E-state index contributed by atoms with van der Waals surface area (Å²) in [6, 6.07) is 0. The highest BCUT2D eigenvalue weighted by atomic mass is 15.2. The van der Waals surface area contributed by atoms with Gasteiger partial charge < -0.3 is 5.32 Å². The van der Waals surface area contributed by atoms with Crippen molar-refractivity contribution in [3.05, 3.63) is 0 Å². The van der Waals surface area contributed by atoms with Crippen LogP contribution in [0.5, 0.6) is 0 Å². The number of nitrogens with one attached hydrogen (secondary N) is 3. The molecule has 3 N–H and O–H groups in total. The maximum atomic E-state index is 3.94. The first-order valence-corrected chi connectivity index (χ1v) is 2.63. The molecule has 0 spiro atoms. The minimum absolute atomic E-state index is 0.694. The van der Waals surface area contributed by atoms with E-state index in [1.807, 2.05) is 0 Å².